The first-order chi connectivity index (χ1) is 13.9. The summed E-state index contributed by atoms with van der Waals surface area (Å²) in [6.07, 6.45) is 1.34. The van der Waals surface area contributed by atoms with Crippen molar-refractivity contribution in [2.45, 2.75) is 40.9 Å². The van der Waals surface area contributed by atoms with Crippen LogP contribution in [0.1, 0.15) is 36.5 Å². The van der Waals surface area contributed by atoms with E-state index in [1.54, 1.807) is 26.2 Å². The molecule has 0 aliphatic carbocycles. The Kier molecular flexibility index (Phi) is 6.39. The number of hydrogen-bond donors (Lipinski definition) is 1. The summed E-state index contributed by atoms with van der Waals surface area (Å²) in [6, 6.07) is 8.21. The number of nitrogens with zero attached hydrogens (tertiary/aromatic N) is 2. The van der Waals surface area contributed by atoms with Gasteiger partial charge < -0.3 is 14.7 Å². The molecule has 0 bridgehead atoms. The molecule has 1 N–H and O–H groups in total. The highest BCUT2D eigenvalue weighted by Crippen LogP contribution is 2.39. The van der Waals surface area contributed by atoms with Gasteiger partial charge in [0.05, 0.1) is 28.7 Å². The van der Waals surface area contributed by atoms with Crippen LogP contribution in [0, 0.1) is 11.3 Å². The molecule has 1 saturated heterocycles. The van der Waals surface area contributed by atoms with Crippen LogP contribution in [0.4, 0.5) is 0 Å². The molecular formula is C20H22N2O5S2. The Bertz CT molecular complexity index is 1060. The fraction of sp³-hybridized carbons (Fsp3) is 0.400. The monoisotopic (exact) mass is 434 g/mol. The van der Waals surface area contributed by atoms with Crippen molar-refractivity contribution in [3.05, 3.63) is 46.3 Å². The third-order valence-corrected chi connectivity index (χ3v) is 8.44. The molecule has 0 radical (unpaired) electrons. The molecule has 7 nitrogen and oxygen atoms in total. The molecule has 1 aliphatic rings. The summed E-state index contributed by atoms with van der Waals surface area (Å²) in [5, 5.41) is 23.1. The third-order valence-electron chi connectivity index (χ3n) is 5.25. The van der Waals surface area contributed by atoms with Crippen LogP contribution >= 0.6 is 11.3 Å². The second kappa shape index (κ2) is 8.63. The Labute approximate surface area is 174 Å². The van der Waals surface area contributed by atoms with Crippen LogP contribution in [-0.4, -0.2) is 39.7 Å². The average molecular weight is 435 g/mol. The van der Waals surface area contributed by atoms with E-state index >= 15 is 0 Å². The zero-order valence-corrected chi connectivity index (χ0v) is 17.8. The molecular weight excluding hydrogens is 412 g/mol. The largest absolute Gasteiger partial charge is 0.411 e. The smallest absolute Gasteiger partial charge is 0.215 e. The maximum atomic E-state index is 13.2. The van der Waals surface area contributed by atoms with Crippen LogP contribution < -0.4 is 0 Å². The molecule has 1 aromatic carbocycles. The number of nitriles is 1. The Balaban J connectivity index is 2.01. The maximum absolute atomic E-state index is 13.2. The molecule has 1 aromatic heterocycles. The van der Waals surface area contributed by atoms with E-state index in [0.29, 0.717) is 42.9 Å². The lowest BCUT2D eigenvalue weighted by molar-refractivity contribution is -0.0946. The zero-order valence-electron chi connectivity index (χ0n) is 16.2. The minimum atomic E-state index is -3.76. The lowest BCUT2D eigenvalue weighted by atomic mass is 9.88. The van der Waals surface area contributed by atoms with E-state index in [2.05, 4.69) is 5.16 Å². The van der Waals surface area contributed by atoms with Gasteiger partial charge in [-0.2, -0.15) is 5.26 Å². The number of sulfone groups is 1. The number of rotatable bonds is 6. The molecule has 9 heteroatoms. The quantitative estimate of drug-likeness (QED) is 0.423. The molecule has 1 aliphatic heterocycles. The first-order valence-corrected chi connectivity index (χ1v) is 11.4. The van der Waals surface area contributed by atoms with Gasteiger partial charge >= 0.3 is 0 Å². The van der Waals surface area contributed by atoms with Crippen LogP contribution in [-0.2, 0) is 31.3 Å². The first-order valence-electron chi connectivity index (χ1n) is 9.04. The van der Waals surface area contributed by atoms with Gasteiger partial charge in [0.1, 0.15) is 4.21 Å². The molecule has 1 fully saturated rings. The molecule has 0 atom stereocenters. The second-order valence-corrected chi connectivity index (χ2v) is 9.90. The summed E-state index contributed by atoms with van der Waals surface area (Å²) in [7, 11) is -2.13. The van der Waals surface area contributed by atoms with E-state index in [-0.39, 0.29) is 15.5 Å². The molecule has 3 rings (SSSR count). The number of hydrogen-bond acceptors (Lipinski definition) is 8. The predicted molar refractivity (Wildman–Crippen MR) is 108 cm³/mol. The van der Waals surface area contributed by atoms with Gasteiger partial charge in [0.2, 0.25) is 9.84 Å². The van der Waals surface area contributed by atoms with E-state index in [1.807, 2.05) is 11.4 Å². The van der Waals surface area contributed by atoms with Gasteiger partial charge in [-0.05, 0) is 41.6 Å². The summed E-state index contributed by atoms with van der Waals surface area (Å²) in [4.78, 5) is 0.101. The van der Waals surface area contributed by atoms with Crippen LogP contribution in [0.2, 0.25) is 0 Å². The first kappa shape index (κ1) is 21.5. The highest BCUT2D eigenvalue weighted by atomic mass is 32.2. The molecule has 2 heterocycles. The van der Waals surface area contributed by atoms with Crippen molar-refractivity contribution in [1.29, 1.82) is 5.26 Å². The number of methoxy groups -OCH3 is 1. The van der Waals surface area contributed by atoms with E-state index in [4.69, 9.17) is 19.9 Å². The van der Waals surface area contributed by atoms with Gasteiger partial charge in [-0.1, -0.05) is 11.2 Å². The lowest BCUT2D eigenvalue weighted by Crippen LogP contribution is -2.35. The van der Waals surface area contributed by atoms with E-state index in [9.17, 15) is 8.42 Å². The SMILES string of the molecule is COC1(c2csc(S(=O)(=O)c3ccc(/C(C)=N/O)c(CC#N)c3)c2)CCOCC1. The number of thiophene rings is 1. The summed E-state index contributed by atoms with van der Waals surface area (Å²) in [5.74, 6) is 0. The molecule has 29 heavy (non-hydrogen) atoms. The van der Waals surface area contributed by atoms with Crippen molar-refractivity contribution in [1.82, 2.24) is 0 Å². The van der Waals surface area contributed by atoms with E-state index in [0.717, 1.165) is 16.9 Å². The minimum Gasteiger partial charge on any atom is -0.411 e. The maximum Gasteiger partial charge on any atom is 0.215 e. The van der Waals surface area contributed by atoms with Crippen molar-refractivity contribution in [3.8, 4) is 6.07 Å². The lowest BCUT2D eigenvalue weighted by Gasteiger charge is -2.35. The molecule has 2 aromatic rings. The van der Waals surface area contributed by atoms with Crippen LogP contribution in [0.25, 0.3) is 0 Å². The van der Waals surface area contributed by atoms with Gasteiger partial charge in [0.15, 0.2) is 0 Å². The van der Waals surface area contributed by atoms with E-state index < -0.39 is 15.4 Å². The number of oxime groups is 1. The van der Waals surface area contributed by atoms with Crippen LogP contribution in [0.15, 0.2) is 43.9 Å². The van der Waals surface area contributed by atoms with Gasteiger partial charge in [-0.25, -0.2) is 8.42 Å². The standard InChI is InChI=1S/C20H22N2O5S2/c1-14(22-23)18-4-3-17(11-15(18)5-8-21)29(24,25)19-12-16(13-28-19)20(26-2)6-9-27-10-7-20/h3-4,11-13,23H,5-7,9-10H2,1-2H3/b22-14+. The van der Waals surface area contributed by atoms with Crippen molar-refractivity contribution in [2.24, 2.45) is 5.16 Å². The Morgan fingerprint density at radius 3 is 2.72 bits per heavy atom. The Hall–Kier alpha value is -2.25. The second-order valence-electron chi connectivity index (χ2n) is 6.81. The molecule has 0 spiro atoms. The summed E-state index contributed by atoms with van der Waals surface area (Å²) in [6.45, 7) is 2.72. The topological polar surface area (TPSA) is 109 Å². The van der Waals surface area contributed by atoms with Crippen molar-refractivity contribution >= 4 is 26.9 Å². The van der Waals surface area contributed by atoms with Gasteiger partial charge in [-0.3, -0.25) is 0 Å². The fourth-order valence-electron chi connectivity index (χ4n) is 3.50. The number of benzene rings is 1. The van der Waals surface area contributed by atoms with Crippen LogP contribution in [0.5, 0.6) is 0 Å². The highest BCUT2D eigenvalue weighted by Gasteiger charge is 2.36. The van der Waals surface area contributed by atoms with Crippen molar-refractivity contribution in [2.75, 3.05) is 20.3 Å². The Morgan fingerprint density at radius 2 is 2.10 bits per heavy atom. The Morgan fingerprint density at radius 1 is 1.38 bits per heavy atom. The molecule has 0 unspecified atom stereocenters. The zero-order chi connectivity index (χ0) is 21.1. The molecule has 0 saturated carbocycles. The molecule has 154 valence electrons. The van der Waals surface area contributed by atoms with Gasteiger partial charge in [0, 0.05) is 38.7 Å². The predicted octanol–water partition coefficient (Wildman–Crippen LogP) is 3.50. The summed E-state index contributed by atoms with van der Waals surface area (Å²) in [5.41, 5.74) is 1.66. The van der Waals surface area contributed by atoms with Crippen molar-refractivity contribution < 1.29 is 23.1 Å². The number of ether oxygens (including phenoxy) is 2. The highest BCUT2D eigenvalue weighted by molar-refractivity contribution is 7.93. The van der Waals surface area contributed by atoms with Gasteiger partial charge in [0.25, 0.3) is 0 Å². The normalized spacial score (nSPS) is 17.1. The fourth-order valence-corrected chi connectivity index (χ4v) is 6.22. The summed E-state index contributed by atoms with van der Waals surface area (Å²) >= 11 is 1.16. The molecule has 0 amide bonds. The average Bonchev–Trinajstić information content (AvgIpc) is 3.26. The van der Waals surface area contributed by atoms with E-state index in [1.165, 1.54) is 12.1 Å². The third kappa shape index (κ3) is 4.07. The minimum absolute atomic E-state index is 0.00797. The summed E-state index contributed by atoms with van der Waals surface area (Å²) < 4.78 is 37.8. The van der Waals surface area contributed by atoms with Crippen LogP contribution in [0.3, 0.4) is 0 Å². The van der Waals surface area contributed by atoms with Crippen molar-refractivity contribution in [3.63, 3.8) is 0 Å². The van der Waals surface area contributed by atoms with Gasteiger partial charge in [-0.15, -0.1) is 11.3 Å².